The summed E-state index contributed by atoms with van der Waals surface area (Å²) in [5.74, 6) is 0.587. The van der Waals surface area contributed by atoms with Gasteiger partial charge in [0.25, 0.3) is 0 Å². The molecule has 0 unspecified atom stereocenters. The third kappa shape index (κ3) is 3.02. The molecule has 0 radical (unpaired) electrons. The average Bonchev–Trinajstić information content (AvgIpc) is 2.42. The van der Waals surface area contributed by atoms with Gasteiger partial charge in [-0.1, -0.05) is 6.07 Å². The molecule has 6 heteroatoms. The van der Waals surface area contributed by atoms with Crippen LogP contribution < -0.4 is 9.47 Å². The maximum absolute atomic E-state index is 13.5. The zero-order chi connectivity index (χ0) is 14.7. The van der Waals surface area contributed by atoms with Gasteiger partial charge >= 0.3 is 0 Å². The van der Waals surface area contributed by atoms with Gasteiger partial charge in [-0.3, -0.25) is 4.79 Å². The second kappa shape index (κ2) is 6.37. The molecule has 0 spiro atoms. The molecule has 0 saturated heterocycles. The molecule has 0 amide bonds. The van der Waals surface area contributed by atoms with Crippen LogP contribution in [0.1, 0.15) is 10.4 Å². The van der Waals surface area contributed by atoms with Gasteiger partial charge in [-0.25, -0.2) is 4.39 Å². The fourth-order valence-corrected chi connectivity index (χ4v) is 2.47. The molecule has 3 nitrogen and oxygen atoms in total. The lowest BCUT2D eigenvalue weighted by molar-refractivity contribution is 0.111. The minimum absolute atomic E-state index is 0.119. The monoisotopic (exact) mass is 402 g/mol. The first kappa shape index (κ1) is 15.0. The van der Waals surface area contributed by atoms with Gasteiger partial charge in [0.2, 0.25) is 0 Å². The van der Waals surface area contributed by atoms with E-state index in [-0.39, 0.29) is 11.3 Å². The Morgan fingerprint density at radius 1 is 1.10 bits per heavy atom. The summed E-state index contributed by atoms with van der Waals surface area (Å²) in [5, 5.41) is 0. The SMILES string of the molecule is COc1cc(Br)c(Oc2cccc(F)c2C=O)cc1Br. The lowest BCUT2D eigenvalue weighted by Crippen LogP contribution is -1.95. The molecule has 0 fully saturated rings. The largest absolute Gasteiger partial charge is 0.496 e. The van der Waals surface area contributed by atoms with E-state index in [0.29, 0.717) is 26.7 Å². The fourth-order valence-electron chi connectivity index (χ4n) is 1.58. The Balaban J connectivity index is 2.43. The van der Waals surface area contributed by atoms with Gasteiger partial charge < -0.3 is 9.47 Å². The van der Waals surface area contributed by atoms with Crippen molar-refractivity contribution in [2.24, 2.45) is 0 Å². The first-order valence-electron chi connectivity index (χ1n) is 5.51. The Labute approximate surface area is 132 Å². The van der Waals surface area contributed by atoms with Gasteiger partial charge in [-0.05, 0) is 56.1 Å². The number of methoxy groups -OCH3 is 1. The third-order valence-corrected chi connectivity index (χ3v) is 3.80. The van der Waals surface area contributed by atoms with Crippen LogP contribution in [-0.4, -0.2) is 13.4 Å². The van der Waals surface area contributed by atoms with Crippen LogP contribution in [0.5, 0.6) is 17.2 Å². The summed E-state index contributed by atoms with van der Waals surface area (Å²) in [5.41, 5.74) is -0.119. The number of aldehydes is 1. The second-order valence-corrected chi connectivity index (χ2v) is 5.50. The molecular weight excluding hydrogens is 395 g/mol. The van der Waals surface area contributed by atoms with Crippen molar-refractivity contribution in [2.75, 3.05) is 7.11 Å². The molecule has 104 valence electrons. The van der Waals surface area contributed by atoms with Gasteiger partial charge in [-0.15, -0.1) is 0 Å². The number of rotatable bonds is 4. The van der Waals surface area contributed by atoms with E-state index in [1.54, 1.807) is 19.2 Å². The van der Waals surface area contributed by atoms with E-state index in [2.05, 4.69) is 31.9 Å². The Kier molecular flexibility index (Phi) is 4.77. The predicted molar refractivity (Wildman–Crippen MR) is 80.3 cm³/mol. The number of hydrogen-bond acceptors (Lipinski definition) is 3. The van der Waals surface area contributed by atoms with Crippen LogP contribution in [0.25, 0.3) is 0 Å². The van der Waals surface area contributed by atoms with Gasteiger partial charge in [-0.2, -0.15) is 0 Å². The smallest absolute Gasteiger partial charge is 0.156 e. The first-order valence-corrected chi connectivity index (χ1v) is 7.10. The van der Waals surface area contributed by atoms with Crippen molar-refractivity contribution in [3.63, 3.8) is 0 Å². The molecule has 2 aromatic carbocycles. The normalized spacial score (nSPS) is 10.2. The van der Waals surface area contributed by atoms with Crippen LogP contribution in [0.15, 0.2) is 39.3 Å². The van der Waals surface area contributed by atoms with Crippen molar-refractivity contribution in [2.45, 2.75) is 0 Å². The van der Waals surface area contributed by atoms with Gasteiger partial charge in [0.1, 0.15) is 23.1 Å². The van der Waals surface area contributed by atoms with Crippen molar-refractivity contribution >= 4 is 38.1 Å². The Morgan fingerprint density at radius 2 is 1.75 bits per heavy atom. The van der Waals surface area contributed by atoms with E-state index >= 15 is 0 Å². The van der Waals surface area contributed by atoms with E-state index in [4.69, 9.17) is 9.47 Å². The highest BCUT2D eigenvalue weighted by atomic mass is 79.9. The summed E-state index contributed by atoms with van der Waals surface area (Å²) in [6.07, 6.45) is 0.428. The highest BCUT2D eigenvalue weighted by Crippen LogP contribution is 2.38. The van der Waals surface area contributed by atoms with Crippen LogP contribution in [0.3, 0.4) is 0 Å². The zero-order valence-electron chi connectivity index (χ0n) is 10.3. The van der Waals surface area contributed by atoms with E-state index in [9.17, 15) is 9.18 Å². The molecular formula is C14H9Br2FO3. The topological polar surface area (TPSA) is 35.5 Å². The molecule has 0 bridgehead atoms. The summed E-state index contributed by atoms with van der Waals surface area (Å²) in [4.78, 5) is 10.9. The standard InChI is InChI=1S/C14H9Br2FO3/c1-19-13-5-10(16)14(6-9(13)15)20-12-4-2-3-11(17)8(12)7-18/h2-7H,1H3. The first-order chi connectivity index (χ1) is 9.56. The van der Waals surface area contributed by atoms with Crippen LogP contribution in [-0.2, 0) is 0 Å². The van der Waals surface area contributed by atoms with E-state index in [1.165, 1.54) is 18.2 Å². The summed E-state index contributed by atoms with van der Waals surface area (Å²) in [6, 6.07) is 7.58. The summed E-state index contributed by atoms with van der Waals surface area (Å²) >= 11 is 6.67. The average molecular weight is 404 g/mol. The van der Waals surface area contributed by atoms with Crippen molar-refractivity contribution in [3.8, 4) is 17.2 Å². The van der Waals surface area contributed by atoms with E-state index in [0.717, 1.165) is 0 Å². The van der Waals surface area contributed by atoms with Crippen molar-refractivity contribution in [1.29, 1.82) is 0 Å². The zero-order valence-corrected chi connectivity index (χ0v) is 13.5. The number of halogens is 3. The third-order valence-electron chi connectivity index (χ3n) is 2.56. The minimum atomic E-state index is -0.624. The maximum atomic E-state index is 13.5. The predicted octanol–water partition coefficient (Wildman–Crippen LogP) is 4.96. The van der Waals surface area contributed by atoms with Crippen molar-refractivity contribution in [3.05, 3.63) is 50.7 Å². The molecule has 0 aromatic heterocycles. The van der Waals surface area contributed by atoms with Gasteiger partial charge in [0, 0.05) is 0 Å². The Morgan fingerprint density at radius 3 is 2.40 bits per heavy atom. The molecule has 20 heavy (non-hydrogen) atoms. The second-order valence-electron chi connectivity index (χ2n) is 3.79. The Bertz CT molecular complexity index is 659. The van der Waals surface area contributed by atoms with Gasteiger partial charge in [0.05, 0.1) is 21.6 Å². The maximum Gasteiger partial charge on any atom is 0.156 e. The lowest BCUT2D eigenvalue weighted by atomic mass is 10.2. The Hall–Kier alpha value is -1.40. The summed E-state index contributed by atoms with van der Waals surface area (Å²) < 4.78 is 25.5. The van der Waals surface area contributed by atoms with Crippen LogP contribution in [0.2, 0.25) is 0 Å². The molecule has 0 aliphatic rings. The van der Waals surface area contributed by atoms with Crippen molar-refractivity contribution in [1.82, 2.24) is 0 Å². The molecule has 0 aliphatic heterocycles. The molecule has 0 saturated carbocycles. The van der Waals surface area contributed by atoms with Crippen LogP contribution in [0.4, 0.5) is 4.39 Å². The number of carbonyl (C=O) groups excluding carboxylic acids is 1. The minimum Gasteiger partial charge on any atom is -0.496 e. The lowest BCUT2D eigenvalue weighted by Gasteiger charge is -2.12. The molecule has 2 aromatic rings. The summed E-state index contributed by atoms with van der Waals surface area (Å²) in [6.45, 7) is 0. The molecule has 2 rings (SSSR count). The summed E-state index contributed by atoms with van der Waals surface area (Å²) in [7, 11) is 1.55. The highest BCUT2D eigenvalue weighted by Gasteiger charge is 2.13. The van der Waals surface area contributed by atoms with Crippen molar-refractivity contribution < 1.29 is 18.7 Å². The number of benzene rings is 2. The number of carbonyl (C=O) groups is 1. The van der Waals surface area contributed by atoms with E-state index in [1.807, 2.05) is 0 Å². The molecule has 0 aliphatic carbocycles. The van der Waals surface area contributed by atoms with Crippen LogP contribution in [0, 0.1) is 5.82 Å². The number of ether oxygens (including phenoxy) is 2. The highest BCUT2D eigenvalue weighted by molar-refractivity contribution is 9.11. The van der Waals surface area contributed by atoms with Crippen LogP contribution >= 0.6 is 31.9 Å². The molecule has 0 N–H and O–H groups in total. The fraction of sp³-hybridized carbons (Fsp3) is 0.0714. The molecule has 0 atom stereocenters. The molecule has 0 heterocycles. The van der Waals surface area contributed by atoms with E-state index < -0.39 is 5.82 Å². The van der Waals surface area contributed by atoms with Gasteiger partial charge in [0.15, 0.2) is 6.29 Å². The number of hydrogen-bond donors (Lipinski definition) is 0. The quantitative estimate of drug-likeness (QED) is 0.676.